The quantitative estimate of drug-likeness (QED) is 0.763. The number of carbonyl (C=O) groups is 1. The van der Waals surface area contributed by atoms with E-state index in [1.807, 2.05) is 13.8 Å². The monoisotopic (exact) mass is 232 g/mol. The second-order valence-electron chi connectivity index (χ2n) is 3.39. The van der Waals surface area contributed by atoms with Gasteiger partial charge in [0.05, 0.1) is 11.8 Å². The Labute approximate surface area is 90.1 Å². The summed E-state index contributed by atoms with van der Waals surface area (Å²) in [5.74, 6) is -0.0278. The molecule has 0 aromatic carbocycles. The molecule has 0 bridgehead atoms. The van der Waals surface area contributed by atoms with Crippen molar-refractivity contribution in [3.8, 4) is 0 Å². The van der Waals surface area contributed by atoms with Crippen molar-refractivity contribution in [1.82, 2.24) is 10.2 Å². The molecule has 86 valence electrons. The number of hydrogen-bond donors (Lipinski definition) is 1. The zero-order valence-corrected chi connectivity index (χ0v) is 9.75. The maximum absolute atomic E-state index is 11.6. The van der Waals surface area contributed by atoms with Gasteiger partial charge in [-0.15, -0.1) is 0 Å². The van der Waals surface area contributed by atoms with E-state index in [0.717, 1.165) is 5.41 Å². The Bertz CT molecular complexity index is 358. The van der Waals surface area contributed by atoms with Crippen LogP contribution in [0.4, 0.5) is 4.79 Å². The van der Waals surface area contributed by atoms with Crippen molar-refractivity contribution in [2.24, 2.45) is 0 Å². The predicted molar refractivity (Wildman–Crippen MR) is 58.2 cm³/mol. The van der Waals surface area contributed by atoms with Crippen LogP contribution in [0, 0.1) is 0 Å². The molecule has 5 nitrogen and oxygen atoms in total. The standard InChI is InChI=1S/C9H16N2O3S/c1-3-11(4-2)9(12)10-8-5-6-15(13,14)7-8/h5-6,8H,3-4,7H2,1-2H3,(H,10,12)/t8-/m0/s1. The van der Waals surface area contributed by atoms with Crippen LogP contribution in [0.2, 0.25) is 0 Å². The SMILES string of the molecule is CCN(CC)C(=O)N[C@H]1C=CS(=O)(=O)C1. The third-order valence-electron chi connectivity index (χ3n) is 2.29. The average molecular weight is 232 g/mol. The van der Waals surface area contributed by atoms with Gasteiger partial charge in [-0.05, 0) is 19.9 Å². The highest BCUT2D eigenvalue weighted by atomic mass is 32.2. The Morgan fingerprint density at radius 1 is 1.47 bits per heavy atom. The molecule has 0 saturated carbocycles. The van der Waals surface area contributed by atoms with Gasteiger partial charge in [-0.25, -0.2) is 13.2 Å². The Morgan fingerprint density at radius 3 is 2.47 bits per heavy atom. The highest BCUT2D eigenvalue weighted by molar-refractivity contribution is 7.94. The molecule has 1 N–H and O–H groups in total. The fourth-order valence-electron chi connectivity index (χ4n) is 1.43. The zero-order valence-electron chi connectivity index (χ0n) is 8.93. The fourth-order valence-corrected chi connectivity index (χ4v) is 2.66. The number of nitrogens with one attached hydrogen (secondary N) is 1. The average Bonchev–Trinajstić information content (AvgIpc) is 2.47. The molecule has 0 spiro atoms. The first-order valence-corrected chi connectivity index (χ1v) is 6.66. The summed E-state index contributed by atoms with van der Waals surface area (Å²) >= 11 is 0. The van der Waals surface area contributed by atoms with Gasteiger partial charge in [0.15, 0.2) is 9.84 Å². The summed E-state index contributed by atoms with van der Waals surface area (Å²) in [6.45, 7) is 4.99. The van der Waals surface area contributed by atoms with Crippen molar-refractivity contribution in [2.45, 2.75) is 19.9 Å². The second kappa shape index (κ2) is 4.65. The molecular formula is C9H16N2O3S. The lowest BCUT2D eigenvalue weighted by atomic mass is 10.3. The smallest absolute Gasteiger partial charge is 0.317 e. The number of amides is 2. The van der Waals surface area contributed by atoms with Crippen molar-refractivity contribution in [1.29, 1.82) is 0 Å². The maximum Gasteiger partial charge on any atom is 0.317 e. The van der Waals surface area contributed by atoms with Crippen LogP contribution >= 0.6 is 0 Å². The number of rotatable bonds is 3. The van der Waals surface area contributed by atoms with Crippen LogP contribution in [0.1, 0.15) is 13.8 Å². The highest BCUT2D eigenvalue weighted by Gasteiger charge is 2.24. The number of sulfone groups is 1. The highest BCUT2D eigenvalue weighted by Crippen LogP contribution is 2.08. The summed E-state index contributed by atoms with van der Waals surface area (Å²) in [5.41, 5.74) is 0. The van der Waals surface area contributed by atoms with Gasteiger partial charge in [-0.1, -0.05) is 0 Å². The van der Waals surface area contributed by atoms with E-state index in [4.69, 9.17) is 0 Å². The number of nitrogens with zero attached hydrogens (tertiary/aromatic N) is 1. The lowest BCUT2D eigenvalue weighted by molar-refractivity contribution is 0.202. The Kier molecular flexibility index (Phi) is 3.73. The van der Waals surface area contributed by atoms with E-state index in [1.54, 1.807) is 4.90 Å². The summed E-state index contributed by atoms with van der Waals surface area (Å²) < 4.78 is 22.2. The van der Waals surface area contributed by atoms with Crippen molar-refractivity contribution >= 4 is 15.9 Å². The molecule has 1 atom stereocenters. The normalized spacial score (nSPS) is 22.7. The van der Waals surface area contributed by atoms with Crippen LogP contribution in [0.3, 0.4) is 0 Å². The summed E-state index contributed by atoms with van der Waals surface area (Å²) in [5, 5.41) is 3.81. The summed E-state index contributed by atoms with van der Waals surface area (Å²) in [6, 6.07) is -0.602. The molecule has 6 heteroatoms. The molecule has 0 fully saturated rings. The topological polar surface area (TPSA) is 66.5 Å². The molecule has 1 rings (SSSR count). The first-order chi connectivity index (χ1) is 6.98. The van der Waals surface area contributed by atoms with Crippen molar-refractivity contribution in [3.63, 3.8) is 0 Å². The summed E-state index contributed by atoms with van der Waals surface area (Å²) in [7, 11) is -3.09. The van der Waals surface area contributed by atoms with Crippen LogP contribution < -0.4 is 5.32 Å². The van der Waals surface area contributed by atoms with Crippen LogP contribution in [0.5, 0.6) is 0 Å². The molecule has 0 aromatic heterocycles. The molecule has 0 radical (unpaired) electrons. The van der Waals surface area contributed by atoms with Crippen LogP contribution in [-0.4, -0.2) is 44.2 Å². The Morgan fingerprint density at radius 2 is 2.07 bits per heavy atom. The van der Waals surface area contributed by atoms with E-state index in [9.17, 15) is 13.2 Å². The third kappa shape index (κ3) is 3.23. The van der Waals surface area contributed by atoms with Gasteiger partial charge >= 0.3 is 6.03 Å². The van der Waals surface area contributed by atoms with E-state index in [1.165, 1.54) is 6.08 Å². The van der Waals surface area contributed by atoms with Crippen molar-refractivity contribution in [3.05, 3.63) is 11.5 Å². The van der Waals surface area contributed by atoms with Gasteiger partial charge in [-0.3, -0.25) is 0 Å². The van der Waals surface area contributed by atoms with Gasteiger partial charge in [0, 0.05) is 18.5 Å². The first-order valence-electron chi connectivity index (χ1n) is 4.95. The predicted octanol–water partition coefficient (Wildman–Crippen LogP) is 0.349. The minimum atomic E-state index is -3.09. The van der Waals surface area contributed by atoms with Gasteiger partial charge in [0.1, 0.15) is 0 Å². The van der Waals surface area contributed by atoms with E-state index in [2.05, 4.69) is 5.32 Å². The summed E-state index contributed by atoms with van der Waals surface area (Å²) in [6.07, 6.45) is 1.51. The van der Waals surface area contributed by atoms with Crippen LogP contribution in [0.15, 0.2) is 11.5 Å². The van der Waals surface area contributed by atoms with E-state index in [-0.39, 0.29) is 17.8 Å². The molecule has 1 aliphatic heterocycles. The number of carbonyl (C=O) groups excluding carboxylic acids is 1. The molecule has 15 heavy (non-hydrogen) atoms. The van der Waals surface area contributed by atoms with Crippen molar-refractivity contribution in [2.75, 3.05) is 18.8 Å². The minimum absolute atomic E-state index is 0.0278. The van der Waals surface area contributed by atoms with Crippen LogP contribution in [0.25, 0.3) is 0 Å². The molecule has 2 amide bonds. The maximum atomic E-state index is 11.6. The molecule has 0 saturated heterocycles. The van der Waals surface area contributed by atoms with E-state index < -0.39 is 9.84 Å². The fraction of sp³-hybridized carbons (Fsp3) is 0.667. The molecular weight excluding hydrogens is 216 g/mol. The first kappa shape index (κ1) is 12.0. The van der Waals surface area contributed by atoms with Crippen LogP contribution in [-0.2, 0) is 9.84 Å². The van der Waals surface area contributed by atoms with Gasteiger partial charge in [0.2, 0.25) is 0 Å². The minimum Gasteiger partial charge on any atom is -0.331 e. The summed E-state index contributed by atoms with van der Waals surface area (Å²) in [4.78, 5) is 13.2. The lowest BCUT2D eigenvalue weighted by Gasteiger charge is -2.21. The number of urea groups is 1. The van der Waals surface area contributed by atoms with Gasteiger partial charge in [-0.2, -0.15) is 0 Å². The van der Waals surface area contributed by atoms with E-state index >= 15 is 0 Å². The Balaban J connectivity index is 2.51. The molecule has 1 aliphatic rings. The largest absolute Gasteiger partial charge is 0.331 e. The zero-order chi connectivity index (χ0) is 11.5. The second-order valence-corrected chi connectivity index (χ2v) is 5.32. The number of hydrogen-bond acceptors (Lipinski definition) is 3. The molecule has 0 unspecified atom stereocenters. The molecule has 0 aromatic rings. The Hall–Kier alpha value is -1.04. The van der Waals surface area contributed by atoms with Crippen molar-refractivity contribution < 1.29 is 13.2 Å². The molecule has 0 aliphatic carbocycles. The molecule has 1 heterocycles. The van der Waals surface area contributed by atoms with Gasteiger partial charge < -0.3 is 10.2 Å². The van der Waals surface area contributed by atoms with E-state index in [0.29, 0.717) is 13.1 Å². The lowest BCUT2D eigenvalue weighted by Crippen LogP contribution is -2.45. The third-order valence-corrected chi connectivity index (χ3v) is 3.69. The van der Waals surface area contributed by atoms with Gasteiger partial charge in [0.25, 0.3) is 0 Å².